The minimum atomic E-state index is -0.847. The summed E-state index contributed by atoms with van der Waals surface area (Å²) in [6, 6.07) is 7.31. The number of benzene rings is 1. The molecular formula is C19H24ClN3O4. The Balaban J connectivity index is 1.57. The number of hydrogen-bond acceptors (Lipinski definition) is 4. The number of amides is 2. The first-order chi connectivity index (χ1) is 12.9. The highest BCUT2D eigenvalue weighted by Gasteiger charge is 2.38. The molecule has 0 spiro atoms. The molecule has 0 radical (unpaired) electrons. The van der Waals surface area contributed by atoms with Gasteiger partial charge in [0.25, 0.3) is 0 Å². The second-order valence-electron chi connectivity index (χ2n) is 7.22. The molecule has 0 aliphatic carbocycles. The zero-order valence-corrected chi connectivity index (χ0v) is 16.1. The normalized spacial score (nSPS) is 21.1. The molecule has 0 bridgehead atoms. The van der Waals surface area contributed by atoms with Gasteiger partial charge in [-0.15, -0.1) is 0 Å². The largest absolute Gasteiger partial charge is 0.480 e. The molecule has 3 rings (SSSR count). The van der Waals surface area contributed by atoms with E-state index in [-0.39, 0.29) is 36.7 Å². The van der Waals surface area contributed by atoms with Gasteiger partial charge in [0.05, 0.1) is 23.2 Å². The zero-order valence-electron chi connectivity index (χ0n) is 15.3. The van der Waals surface area contributed by atoms with Crippen molar-refractivity contribution < 1.29 is 19.5 Å². The van der Waals surface area contributed by atoms with E-state index in [0.717, 1.165) is 12.8 Å². The number of likely N-dealkylation sites (tertiary alicyclic amines) is 1. The molecule has 2 fully saturated rings. The number of carboxylic acids is 1. The van der Waals surface area contributed by atoms with Crippen molar-refractivity contribution in [3.8, 4) is 0 Å². The van der Waals surface area contributed by atoms with Crippen molar-refractivity contribution in [3.05, 3.63) is 29.3 Å². The molecule has 0 saturated carbocycles. The summed E-state index contributed by atoms with van der Waals surface area (Å²) < 4.78 is 0. The minimum absolute atomic E-state index is 0.00251. The maximum atomic E-state index is 12.9. The van der Waals surface area contributed by atoms with Crippen LogP contribution in [0.2, 0.25) is 5.02 Å². The van der Waals surface area contributed by atoms with Gasteiger partial charge in [-0.1, -0.05) is 23.7 Å². The lowest BCUT2D eigenvalue weighted by Gasteiger charge is -2.37. The number of hydrogen-bond donors (Lipinski definition) is 1. The van der Waals surface area contributed by atoms with Crippen LogP contribution < -0.4 is 4.90 Å². The van der Waals surface area contributed by atoms with Crippen molar-refractivity contribution in [1.82, 2.24) is 9.80 Å². The fourth-order valence-corrected chi connectivity index (χ4v) is 4.14. The number of carbonyl (C=O) groups excluding carboxylic acids is 2. The van der Waals surface area contributed by atoms with E-state index in [4.69, 9.17) is 16.7 Å². The van der Waals surface area contributed by atoms with Gasteiger partial charge in [0.2, 0.25) is 11.8 Å². The van der Waals surface area contributed by atoms with Gasteiger partial charge in [-0.2, -0.15) is 0 Å². The Morgan fingerprint density at radius 1 is 1.26 bits per heavy atom. The predicted octanol–water partition coefficient (Wildman–Crippen LogP) is 1.70. The predicted molar refractivity (Wildman–Crippen MR) is 102 cm³/mol. The molecule has 2 aliphatic rings. The molecule has 27 heavy (non-hydrogen) atoms. The van der Waals surface area contributed by atoms with E-state index in [0.29, 0.717) is 30.3 Å². The third kappa shape index (κ3) is 4.42. The number of piperidine rings is 1. The Morgan fingerprint density at radius 3 is 2.56 bits per heavy atom. The van der Waals surface area contributed by atoms with Gasteiger partial charge in [-0.05, 0) is 32.0 Å². The lowest BCUT2D eigenvalue weighted by Crippen LogP contribution is -2.48. The molecule has 2 saturated heterocycles. The Hall–Kier alpha value is -2.12. The number of carboxylic acid groups (broad SMARTS) is 1. The fraction of sp³-hybridized carbons (Fsp3) is 0.526. The zero-order chi connectivity index (χ0) is 19.6. The molecule has 7 nitrogen and oxygen atoms in total. The number of para-hydroxylation sites is 1. The van der Waals surface area contributed by atoms with E-state index in [9.17, 15) is 14.4 Å². The summed E-state index contributed by atoms with van der Waals surface area (Å²) in [5.41, 5.74) is 0.647. The minimum Gasteiger partial charge on any atom is -0.480 e. The monoisotopic (exact) mass is 393 g/mol. The van der Waals surface area contributed by atoms with Crippen LogP contribution in [0, 0.1) is 5.92 Å². The summed E-state index contributed by atoms with van der Waals surface area (Å²) in [6.45, 7) is 1.53. The lowest BCUT2D eigenvalue weighted by molar-refractivity contribution is -0.140. The molecule has 1 aromatic carbocycles. The van der Waals surface area contributed by atoms with E-state index in [1.54, 1.807) is 35.0 Å². The van der Waals surface area contributed by atoms with Crippen LogP contribution in [0.5, 0.6) is 0 Å². The van der Waals surface area contributed by atoms with Gasteiger partial charge in [-0.25, -0.2) is 0 Å². The average molecular weight is 394 g/mol. The first-order valence-corrected chi connectivity index (χ1v) is 9.50. The summed E-state index contributed by atoms with van der Waals surface area (Å²) in [5.74, 6) is -1.29. The molecule has 0 aromatic heterocycles. The quantitative estimate of drug-likeness (QED) is 0.823. The van der Waals surface area contributed by atoms with Crippen LogP contribution in [0.1, 0.15) is 19.3 Å². The standard InChI is InChI=1S/C19H24ClN3O4/c1-21(12-18(25)26)14-6-8-22(9-7-14)19(27)13-10-17(24)23(11-13)16-5-3-2-4-15(16)20/h2-5,13-14H,6-12H2,1H3,(H,25,26)/t13-/m1/s1. The fourth-order valence-electron chi connectivity index (χ4n) is 3.90. The molecule has 1 N–H and O–H groups in total. The van der Waals surface area contributed by atoms with Crippen LogP contribution in [0.4, 0.5) is 5.69 Å². The summed E-state index contributed by atoms with van der Waals surface area (Å²) in [6.07, 6.45) is 1.68. The molecule has 1 aromatic rings. The SMILES string of the molecule is CN(CC(=O)O)C1CCN(C(=O)[C@@H]2CC(=O)N(c3ccccc3Cl)C2)CC1. The van der Waals surface area contributed by atoms with Gasteiger partial charge in [0.15, 0.2) is 0 Å². The summed E-state index contributed by atoms with van der Waals surface area (Å²) >= 11 is 6.19. The molecule has 1 atom stereocenters. The lowest BCUT2D eigenvalue weighted by atomic mass is 10.0. The highest BCUT2D eigenvalue weighted by atomic mass is 35.5. The van der Waals surface area contributed by atoms with E-state index in [1.165, 1.54) is 0 Å². The number of likely N-dealkylation sites (N-methyl/N-ethyl adjacent to an activating group) is 1. The molecule has 0 unspecified atom stereocenters. The van der Waals surface area contributed by atoms with Gasteiger partial charge in [-0.3, -0.25) is 19.3 Å². The molecular weight excluding hydrogens is 370 g/mol. The van der Waals surface area contributed by atoms with Crippen LogP contribution in [0.25, 0.3) is 0 Å². The number of aliphatic carboxylic acids is 1. The van der Waals surface area contributed by atoms with Gasteiger partial charge >= 0.3 is 5.97 Å². The van der Waals surface area contributed by atoms with Crippen LogP contribution in [0.15, 0.2) is 24.3 Å². The van der Waals surface area contributed by atoms with Crippen LogP contribution in [-0.2, 0) is 14.4 Å². The Kier molecular flexibility index (Phi) is 6.01. The van der Waals surface area contributed by atoms with E-state index >= 15 is 0 Å². The maximum absolute atomic E-state index is 12.9. The highest BCUT2D eigenvalue weighted by Crippen LogP contribution is 2.32. The Bertz CT molecular complexity index is 733. The summed E-state index contributed by atoms with van der Waals surface area (Å²) in [4.78, 5) is 41.3. The van der Waals surface area contributed by atoms with Crippen molar-refractivity contribution in [3.63, 3.8) is 0 Å². The topological polar surface area (TPSA) is 81.2 Å². The maximum Gasteiger partial charge on any atom is 0.317 e. The molecule has 2 heterocycles. The second kappa shape index (κ2) is 8.27. The third-order valence-corrected chi connectivity index (χ3v) is 5.72. The third-order valence-electron chi connectivity index (χ3n) is 5.40. The number of rotatable bonds is 5. The number of nitrogens with zero attached hydrogens (tertiary/aromatic N) is 3. The van der Waals surface area contributed by atoms with E-state index < -0.39 is 5.97 Å². The first kappa shape index (κ1) is 19.6. The van der Waals surface area contributed by atoms with Gasteiger partial charge in [0.1, 0.15) is 0 Å². The second-order valence-corrected chi connectivity index (χ2v) is 7.63. The van der Waals surface area contributed by atoms with E-state index in [1.807, 2.05) is 11.0 Å². The number of carbonyl (C=O) groups is 3. The highest BCUT2D eigenvalue weighted by molar-refractivity contribution is 6.33. The molecule has 146 valence electrons. The van der Waals surface area contributed by atoms with Crippen molar-refractivity contribution in [2.24, 2.45) is 5.92 Å². The molecule has 8 heteroatoms. The summed E-state index contributed by atoms with van der Waals surface area (Å²) in [5, 5.41) is 9.41. The van der Waals surface area contributed by atoms with Gasteiger partial charge < -0.3 is 14.9 Å². The van der Waals surface area contributed by atoms with Crippen molar-refractivity contribution >= 4 is 35.1 Å². The van der Waals surface area contributed by atoms with Crippen LogP contribution in [-0.4, -0.2) is 72.0 Å². The van der Waals surface area contributed by atoms with Crippen LogP contribution in [0.3, 0.4) is 0 Å². The van der Waals surface area contributed by atoms with Crippen LogP contribution >= 0.6 is 11.6 Å². The Labute approximate surface area is 163 Å². The Morgan fingerprint density at radius 2 is 1.93 bits per heavy atom. The molecule has 2 aliphatic heterocycles. The van der Waals surface area contributed by atoms with Crippen molar-refractivity contribution in [2.75, 3.05) is 38.1 Å². The first-order valence-electron chi connectivity index (χ1n) is 9.12. The molecule has 2 amide bonds. The average Bonchev–Trinajstić information content (AvgIpc) is 3.02. The van der Waals surface area contributed by atoms with E-state index in [2.05, 4.69) is 0 Å². The van der Waals surface area contributed by atoms with Gasteiger partial charge in [0, 0.05) is 32.1 Å². The summed E-state index contributed by atoms with van der Waals surface area (Å²) in [7, 11) is 1.80. The van der Waals surface area contributed by atoms with Crippen molar-refractivity contribution in [1.29, 1.82) is 0 Å². The smallest absolute Gasteiger partial charge is 0.317 e. The van der Waals surface area contributed by atoms with Crippen molar-refractivity contribution in [2.45, 2.75) is 25.3 Å². The number of halogens is 1. The number of anilines is 1.